The molecular weight excluding hydrogens is 224 g/mol. The van der Waals surface area contributed by atoms with Gasteiger partial charge in [-0.25, -0.2) is 0 Å². The summed E-state index contributed by atoms with van der Waals surface area (Å²) in [5.74, 6) is 0.978. The van der Waals surface area contributed by atoms with Gasteiger partial charge in [0.05, 0.1) is 12.2 Å². The first-order valence-corrected chi connectivity index (χ1v) is 7.79. The van der Waals surface area contributed by atoms with E-state index in [1.165, 1.54) is 32.2 Å². The van der Waals surface area contributed by atoms with Gasteiger partial charge in [-0.05, 0) is 52.0 Å². The van der Waals surface area contributed by atoms with Crippen molar-refractivity contribution in [3.8, 4) is 0 Å². The van der Waals surface area contributed by atoms with E-state index in [1.54, 1.807) is 0 Å². The SMILES string of the molecule is CCNCC1CCC(CN(CC2CC2)C(C)C)O1. The summed E-state index contributed by atoms with van der Waals surface area (Å²) in [6, 6.07) is 0.655. The standard InChI is InChI=1S/C15H30N2O/c1-4-16-9-14-7-8-15(18-14)11-17(12(2)3)10-13-5-6-13/h12-16H,4-11H2,1-3H3. The molecular formula is C15H30N2O. The van der Waals surface area contributed by atoms with Crippen molar-refractivity contribution >= 4 is 0 Å². The number of rotatable bonds is 8. The zero-order valence-electron chi connectivity index (χ0n) is 12.3. The fourth-order valence-electron chi connectivity index (χ4n) is 2.76. The largest absolute Gasteiger partial charge is 0.372 e. The van der Waals surface area contributed by atoms with Gasteiger partial charge in [0, 0.05) is 25.7 Å². The molecule has 106 valence electrons. The molecule has 1 N–H and O–H groups in total. The Balaban J connectivity index is 1.70. The third-order valence-electron chi connectivity index (χ3n) is 4.18. The lowest BCUT2D eigenvalue weighted by molar-refractivity contribution is 0.0164. The predicted octanol–water partition coefficient (Wildman–Crippen LogP) is 2.26. The van der Waals surface area contributed by atoms with Crippen LogP contribution < -0.4 is 5.32 Å². The summed E-state index contributed by atoms with van der Waals surface area (Å²) in [5.41, 5.74) is 0. The molecule has 1 heterocycles. The molecule has 0 spiro atoms. The highest BCUT2D eigenvalue weighted by molar-refractivity contribution is 4.83. The van der Waals surface area contributed by atoms with Crippen molar-refractivity contribution < 1.29 is 4.74 Å². The molecule has 18 heavy (non-hydrogen) atoms. The minimum atomic E-state index is 0.449. The monoisotopic (exact) mass is 254 g/mol. The molecule has 2 unspecified atom stereocenters. The molecule has 2 atom stereocenters. The van der Waals surface area contributed by atoms with Gasteiger partial charge in [-0.3, -0.25) is 4.90 Å². The summed E-state index contributed by atoms with van der Waals surface area (Å²) in [4.78, 5) is 2.62. The molecule has 1 aliphatic heterocycles. The molecule has 0 aromatic carbocycles. The first-order valence-electron chi connectivity index (χ1n) is 7.79. The number of nitrogens with zero attached hydrogens (tertiary/aromatic N) is 1. The first-order chi connectivity index (χ1) is 8.69. The Kier molecular flexibility index (Phi) is 5.46. The van der Waals surface area contributed by atoms with Crippen molar-refractivity contribution in [1.29, 1.82) is 0 Å². The van der Waals surface area contributed by atoms with Crippen LogP contribution in [0.1, 0.15) is 46.5 Å². The lowest BCUT2D eigenvalue weighted by Crippen LogP contribution is -2.39. The van der Waals surface area contributed by atoms with Crippen molar-refractivity contribution in [3.05, 3.63) is 0 Å². The number of likely N-dealkylation sites (N-methyl/N-ethyl adjacent to an activating group) is 1. The van der Waals surface area contributed by atoms with Crippen LogP contribution in [0.3, 0.4) is 0 Å². The molecule has 2 rings (SSSR count). The average Bonchev–Trinajstić information content (AvgIpc) is 3.04. The number of ether oxygens (including phenoxy) is 1. The second-order valence-electron chi connectivity index (χ2n) is 6.26. The topological polar surface area (TPSA) is 24.5 Å². The van der Waals surface area contributed by atoms with Gasteiger partial charge in [0.25, 0.3) is 0 Å². The third kappa shape index (κ3) is 4.52. The summed E-state index contributed by atoms with van der Waals surface area (Å²) in [6.07, 6.45) is 6.27. The van der Waals surface area contributed by atoms with Crippen molar-refractivity contribution in [2.45, 2.75) is 64.7 Å². The highest BCUT2D eigenvalue weighted by Crippen LogP contribution is 2.31. The van der Waals surface area contributed by atoms with E-state index in [0.29, 0.717) is 18.2 Å². The molecule has 1 saturated heterocycles. The molecule has 3 nitrogen and oxygen atoms in total. The van der Waals surface area contributed by atoms with Crippen LogP contribution in [-0.4, -0.2) is 49.3 Å². The van der Waals surface area contributed by atoms with E-state index in [-0.39, 0.29) is 0 Å². The van der Waals surface area contributed by atoms with Crippen LogP contribution in [-0.2, 0) is 4.74 Å². The maximum Gasteiger partial charge on any atom is 0.0707 e. The van der Waals surface area contributed by atoms with Gasteiger partial charge in [-0.2, -0.15) is 0 Å². The molecule has 2 aliphatic rings. The van der Waals surface area contributed by atoms with Gasteiger partial charge >= 0.3 is 0 Å². The van der Waals surface area contributed by atoms with E-state index in [1.807, 2.05) is 0 Å². The molecule has 1 aliphatic carbocycles. The van der Waals surface area contributed by atoms with Crippen LogP contribution in [0.2, 0.25) is 0 Å². The quantitative estimate of drug-likeness (QED) is 0.719. The minimum Gasteiger partial charge on any atom is -0.372 e. The van der Waals surface area contributed by atoms with Crippen LogP contribution in [0.25, 0.3) is 0 Å². The van der Waals surface area contributed by atoms with Crippen LogP contribution in [0.15, 0.2) is 0 Å². The first kappa shape index (κ1) is 14.3. The Morgan fingerprint density at radius 2 is 1.83 bits per heavy atom. The maximum absolute atomic E-state index is 6.14. The fraction of sp³-hybridized carbons (Fsp3) is 1.00. The molecule has 0 bridgehead atoms. The molecule has 2 fully saturated rings. The summed E-state index contributed by atoms with van der Waals surface area (Å²) in [5, 5.41) is 3.39. The third-order valence-corrected chi connectivity index (χ3v) is 4.18. The number of nitrogens with one attached hydrogen (secondary N) is 1. The Bertz CT molecular complexity index is 241. The van der Waals surface area contributed by atoms with Crippen LogP contribution in [0.5, 0.6) is 0 Å². The average molecular weight is 254 g/mol. The van der Waals surface area contributed by atoms with Crippen molar-refractivity contribution in [1.82, 2.24) is 10.2 Å². The Labute approximate surface area is 112 Å². The van der Waals surface area contributed by atoms with Crippen molar-refractivity contribution in [2.24, 2.45) is 5.92 Å². The zero-order chi connectivity index (χ0) is 13.0. The van der Waals surface area contributed by atoms with Crippen molar-refractivity contribution in [3.63, 3.8) is 0 Å². The van der Waals surface area contributed by atoms with Gasteiger partial charge in [-0.1, -0.05) is 6.92 Å². The van der Waals surface area contributed by atoms with E-state index in [2.05, 4.69) is 31.0 Å². The lowest BCUT2D eigenvalue weighted by atomic mass is 10.1. The summed E-state index contributed by atoms with van der Waals surface area (Å²) in [7, 11) is 0. The summed E-state index contributed by atoms with van der Waals surface area (Å²) in [6.45, 7) is 11.3. The van der Waals surface area contributed by atoms with Crippen LogP contribution >= 0.6 is 0 Å². The predicted molar refractivity (Wildman–Crippen MR) is 75.9 cm³/mol. The Morgan fingerprint density at radius 1 is 1.11 bits per heavy atom. The second kappa shape index (κ2) is 6.88. The van der Waals surface area contributed by atoms with Gasteiger partial charge in [0.2, 0.25) is 0 Å². The van der Waals surface area contributed by atoms with E-state index < -0.39 is 0 Å². The molecule has 1 saturated carbocycles. The minimum absolute atomic E-state index is 0.449. The van der Waals surface area contributed by atoms with Gasteiger partial charge in [-0.15, -0.1) is 0 Å². The van der Waals surface area contributed by atoms with E-state index in [9.17, 15) is 0 Å². The molecule has 3 heteroatoms. The molecule has 0 radical (unpaired) electrons. The Morgan fingerprint density at radius 3 is 2.44 bits per heavy atom. The Hall–Kier alpha value is -0.120. The summed E-state index contributed by atoms with van der Waals surface area (Å²) >= 11 is 0. The zero-order valence-corrected chi connectivity index (χ0v) is 12.3. The second-order valence-corrected chi connectivity index (χ2v) is 6.26. The lowest BCUT2D eigenvalue weighted by Gasteiger charge is -2.29. The normalized spacial score (nSPS) is 28.5. The van der Waals surface area contributed by atoms with E-state index in [0.717, 1.165) is 25.6 Å². The van der Waals surface area contributed by atoms with Gasteiger partial charge in [0.15, 0.2) is 0 Å². The smallest absolute Gasteiger partial charge is 0.0707 e. The molecule has 0 amide bonds. The van der Waals surface area contributed by atoms with Crippen LogP contribution in [0, 0.1) is 5.92 Å². The van der Waals surface area contributed by atoms with Crippen LogP contribution in [0.4, 0.5) is 0 Å². The van der Waals surface area contributed by atoms with Gasteiger partial charge in [0.1, 0.15) is 0 Å². The molecule has 0 aromatic rings. The van der Waals surface area contributed by atoms with E-state index >= 15 is 0 Å². The molecule has 0 aromatic heterocycles. The number of hydrogen-bond acceptors (Lipinski definition) is 3. The van der Waals surface area contributed by atoms with Crippen molar-refractivity contribution in [2.75, 3.05) is 26.2 Å². The highest BCUT2D eigenvalue weighted by atomic mass is 16.5. The number of hydrogen-bond donors (Lipinski definition) is 1. The van der Waals surface area contributed by atoms with Gasteiger partial charge < -0.3 is 10.1 Å². The fourth-order valence-corrected chi connectivity index (χ4v) is 2.76. The highest BCUT2D eigenvalue weighted by Gasteiger charge is 2.30. The summed E-state index contributed by atoms with van der Waals surface area (Å²) < 4.78 is 6.14. The van der Waals surface area contributed by atoms with E-state index in [4.69, 9.17) is 4.74 Å². The maximum atomic E-state index is 6.14.